The fraction of sp³-hybridized carbons (Fsp3) is 0.682. The van der Waals surface area contributed by atoms with E-state index in [-0.39, 0.29) is 18.1 Å². The summed E-state index contributed by atoms with van der Waals surface area (Å²) < 4.78 is 6.32. The molecule has 1 aromatic rings. The van der Waals surface area contributed by atoms with Crippen molar-refractivity contribution in [2.45, 2.75) is 69.6 Å². The van der Waals surface area contributed by atoms with Crippen molar-refractivity contribution < 1.29 is 14.6 Å². The number of para-hydroxylation sites is 1. The number of amides is 1. The zero-order valence-corrected chi connectivity index (χ0v) is 16.2. The Morgan fingerprint density at radius 2 is 1.81 bits per heavy atom. The van der Waals surface area contributed by atoms with Gasteiger partial charge in [-0.05, 0) is 64.0 Å². The molecule has 1 N–H and O–H groups in total. The lowest BCUT2D eigenvalue weighted by Crippen LogP contribution is -2.60. The number of aliphatic hydroxyl groups is 1. The fourth-order valence-electron chi connectivity index (χ4n) is 5.23. The number of likely N-dealkylation sites (tertiary alicyclic amines) is 2. The SMILES string of the molecule is O=C1N(CCO)CCCC12CCCN2Cc1ccccc1OC1CCCC1. The van der Waals surface area contributed by atoms with Crippen LogP contribution in [0.2, 0.25) is 0 Å². The van der Waals surface area contributed by atoms with Gasteiger partial charge in [0.1, 0.15) is 11.3 Å². The molecule has 2 aliphatic heterocycles. The molecule has 1 amide bonds. The Labute approximate surface area is 162 Å². The van der Waals surface area contributed by atoms with Gasteiger partial charge in [0.2, 0.25) is 5.91 Å². The highest BCUT2D eigenvalue weighted by Gasteiger charge is 2.50. The normalized spacial score (nSPS) is 27.0. The van der Waals surface area contributed by atoms with Crippen LogP contribution in [0.4, 0.5) is 0 Å². The molecule has 0 radical (unpaired) electrons. The first kappa shape index (κ1) is 18.8. The van der Waals surface area contributed by atoms with E-state index in [1.807, 2.05) is 11.0 Å². The summed E-state index contributed by atoms with van der Waals surface area (Å²) in [6.45, 7) is 2.99. The summed E-state index contributed by atoms with van der Waals surface area (Å²) in [5.41, 5.74) is 0.811. The van der Waals surface area contributed by atoms with E-state index in [0.29, 0.717) is 12.6 Å². The van der Waals surface area contributed by atoms with Crippen LogP contribution in [0.5, 0.6) is 5.75 Å². The van der Waals surface area contributed by atoms with Gasteiger partial charge in [0, 0.05) is 25.2 Å². The molecule has 148 valence electrons. The largest absolute Gasteiger partial charge is 0.490 e. The van der Waals surface area contributed by atoms with E-state index in [4.69, 9.17) is 4.74 Å². The minimum absolute atomic E-state index is 0.0415. The summed E-state index contributed by atoms with van der Waals surface area (Å²) in [5, 5.41) is 9.32. The molecule has 1 aromatic carbocycles. The fourth-order valence-corrected chi connectivity index (χ4v) is 5.23. The second-order valence-electron chi connectivity index (χ2n) is 8.31. The van der Waals surface area contributed by atoms with Gasteiger partial charge in [-0.2, -0.15) is 0 Å². The molecular formula is C22H32N2O3. The number of benzene rings is 1. The highest BCUT2D eigenvalue weighted by molar-refractivity contribution is 5.87. The maximum absolute atomic E-state index is 13.2. The van der Waals surface area contributed by atoms with Gasteiger partial charge in [-0.25, -0.2) is 0 Å². The van der Waals surface area contributed by atoms with Crippen LogP contribution >= 0.6 is 0 Å². The van der Waals surface area contributed by atoms with Crippen LogP contribution in [0.25, 0.3) is 0 Å². The van der Waals surface area contributed by atoms with Crippen molar-refractivity contribution in [3.05, 3.63) is 29.8 Å². The zero-order valence-electron chi connectivity index (χ0n) is 16.2. The van der Waals surface area contributed by atoms with Crippen LogP contribution in [0.1, 0.15) is 56.9 Å². The summed E-state index contributed by atoms with van der Waals surface area (Å²) in [6, 6.07) is 8.34. The summed E-state index contributed by atoms with van der Waals surface area (Å²) in [4.78, 5) is 17.5. The van der Waals surface area contributed by atoms with Crippen molar-refractivity contribution in [1.29, 1.82) is 0 Å². The van der Waals surface area contributed by atoms with Crippen molar-refractivity contribution in [1.82, 2.24) is 9.80 Å². The Kier molecular flexibility index (Phi) is 5.69. The van der Waals surface area contributed by atoms with Gasteiger partial charge in [0.15, 0.2) is 0 Å². The topological polar surface area (TPSA) is 53.0 Å². The first-order valence-corrected chi connectivity index (χ1v) is 10.6. The van der Waals surface area contributed by atoms with Gasteiger partial charge in [0.25, 0.3) is 0 Å². The Morgan fingerprint density at radius 3 is 2.59 bits per heavy atom. The van der Waals surface area contributed by atoms with Crippen LogP contribution in [0.15, 0.2) is 24.3 Å². The summed E-state index contributed by atoms with van der Waals surface area (Å²) >= 11 is 0. The number of piperidine rings is 1. The Morgan fingerprint density at radius 1 is 1.07 bits per heavy atom. The van der Waals surface area contributed by atoms with Crippen molar-refractivity contribution in [2.24, 2.45) is 0 Å². The number of carbonyl (C=O) groups excluding carboxylic acids is 1. The molecule has 4 rings (SSSR count). The highest BCUT2D eigenvalue weighted by atomic mass is 16.5. The predicted molar refractivity (Wildman–Crippen MR) is 105 cm³/mol. The minimum atomic E-state index is -0.381. The second kappa shape index (κ2) is 8.19. The summed E-state index contributed by atoms with van der Waals surface area (Å²) in [5.74, 6) is 1.21. The molecule has 1 saturated carbocycles. The average molecular weight is 373 g/mol. The third-order valence-corrected chi connectivity index (χ3v) is 6.63. The third kappa shape index (κ3) is 3.72. The molecule has 0 aromatic heterocycles. The molecular weight excluding hydrogens is 340 g/mol. The molecule has 1 spiro atoms. The van der Waals surface area contributed by atoms with E-state index in [1.165, 1.54) is 18.4 Å². The van der Waals surface area contributed by atoms with E-state index >= 15 is 0 Å². The van der Waals surface area contributed by atoms with Crippen LogP contribution in [-0.4, -0.2) is 58.7 Å². The van der Waals surface area contributed by atoms with E-state index in [0.717, 1.165) is 63.9 Å². The van der Waals surface area contributed by atoms with E-state index in [9.17, 15) is 9.90 Å². The second-order valence-corrected chi connectivity index (χ2v) is 8.31. The molecule has 1 unspecified atom stereocenters. The van der Waals surface area contributed by atoms with Gasteiger partial charge in [-0.15, -0.1) is 0 Å². The average Bonchev–Trinajstić information content (AvgIpc) is 3.32. The first-order chi connectivity index (χ1) is 13.2. The standard InChI is InChI=1S/C22H32N2O3/c25-16-15-23-13-5-11-22(21(23)26)12-6-14-24(22)17-18-7-1-4-10-20(18)27-19-8-2-3-9-19/h1,4,7,10,19,25H,2-3,5-6,8-9,11-17H2. The molecule has 1 atom stereocenters. The quantitative estimate of drug-likeness (QED) is 0.834. The monoisotopic (exact) mass is 372 g/mol. The van der Waals surface area contributed by atoms with Gasteiger partial charge in [-0.1, -0.05) is 18.2 Å². The van der Waals surface area contributed by atoms with Crippen molar-refractivity contribution in [3.63, 3.8) is 0 Å². The first-order valence-electron chi connectivity index (χ1n) is 10.6. The number of carbonyl (C=O) groups is 1. The third-order valence-electron chi connectivity index (χ3n) is 6.63. The molecule has 5 nitrogen and oxygen atoms in total. The molecule has 5 heteroatoms. The lowest BCUT2D eigenvalue weighted by Gasteiger charge is -2.44. The number of hydrogen-bond donors (Lipinski definition) is 1. The molecule has 27 heavy (non-hydrogen) atoms. The van der Waals surface area contributed by atoms with Gasteiger partial charge in [0.05, 0.1) is 12.7 Å². The highest BCUT2D eigenvalue weighted by Crippen LogP contribution is 2.40. The van der Waals surface area contributed by atoms with E-state index < -0.39 is 0 Å². The zero-order chi connectivity index (χ0) is 18.7. The van der Waals surface area contributed by atoms with Gasteiger partial charge in [-0.3, -0.25) is 9.69 Å². The maximum atomic E-state index is 13.2. The lowest BCUT2D eigenvalue weighted by atomic mass is 9.85. The number of ether oxygens (including phenoxy) is 1. The van der Waals surface area contributed by atoms with Crippen LogP contribution in [0.3, 0.4) is 0 Å². The molecule has 3 fully saturated rings. The summed E-state index contributed by atoms with van der Waals surface area (Å²) in [6.07, 6.45) is 9.10. The van der Waals surface area contributed by atoms with Crippen LogP contribution in [-0.2, 0) is 11.3 Å². The molecule has 1 aliphatic carbocycles. The summed E-state index contributed by atoms with van der Waals surface area (Å²) in [7, 11) is 0. The number of β-amino-alcohol motifs (C(OH)–C–C–N with tert-alkyl or cyclic N) is 1. The smallest absolute Gasteiger partial charge is 0.243 e. The Bertz CT molecular complexity index is 657. The van der Waals surface area contributed by atoms with Gasteiger partial charge < -0.3 is 14.7 Å². The Balaban J connectivity index is 1.52. The molecule has 3 aliphatic rings. The number of hydrogen-bond acceptors (Lipinski definition) is 4. The molecule has 0 bridgehead atoms. The van der Waals surface area contributed by atoms with Crippen molar-refractivity contribution in [2.75, 3.05) is 26.2 Å². The van der Waals surface area contributed by atoms with Gasteiger partial charge >= 0.3 is 0 Å². The van der Waals surface area contributed by atoms with E-state index in [2.05, 4.69) is 23.1 Å². The number of aliphatic hydroxyl groups excluding tert-OH is 1. The lowest BCUT2D eigenvalue weighted by molar-refractivity contribution is -0.148. The van der Waals surface area contributed by atoms with Crippen LogP contribution < -0.4 is 4.74 Å². The van der Waals surface area contributed by atoms with Crippen LogP contribution in [0, 0.1) is 0 Å². The van der Waals surface area contributed by atoms with Crippen molar-refractivity contribution in [3.8, 4) is 5.75 Å². The molecule has 2 heterocycles. The molecule has 2 saturated heterocycles. The Hall–Kier alpha value is -1.59. The number of nitrogens with zero attached hydrogens (tertiary/aromatic N) is 2. The maximum Gasteiger partial charge on any atom is 0.243 e. The number of rotatable bonds is 6. The van der Waals surface area contributed by atoms with Crippen molar-refractivity contribution >= 4 is 5.91 Å². The van der Waals surface area contributed by atoms with E-state index in [1.54, 1.807) is 0 Å². The predicted octanol–water partition coefficient (Wildman–Crippen LogP) is 2.96. The minimum Gasteiger partial charge on any atom is -0.490 e.